The fourth-order valence-corrected chi connectivity index (χ4v) is 4.89. The number of aromatic amines is 1. The van der Waals surface area contributed by atoms with E-state index in [-0.39, 0.29) is 22.8 Å². The summed E-state index contributed by atoms with van der Waals surface area (Å²) in [4.78, 5) is 27.5. The van der Waals surface area contributed by atoms with Crippen LogP contribution in [0.25, 0.3) is 0 Å². The van der Waals surface area contributed by atoms with E-state index in [4.69, 9.17) is 23.2 Å². The SMILES string of the molecule is CC1(C)c2[nH]nc(NC(=O)c3ccc(S(C)(=O)=O)cc3)c2CN1C(=O)Nc1c(Cl)cccc1Cl. The number of carbonyl (C=O) groups excluding carboxylic acids is 2. The number of fused-ring (bicyclic) bond motifs is 1. The van der Waals surface area contributed by atoms with Crippen molar-refractivity contribution >= 4 is 56.5 Å². The van der Waals surface area contributed by atoms with Crippen LogP contribution in [0.3, 0.4) is 0 Å². The summed E-state index contributed by atoms with van der Waals surface area (Å²) in [5, 5.41) is 13.2. The molecule has 0 bridgehead atoms. The van der Waals surface area contributed by atoms with Crippen LogP contribution in [0.4, 0.5) is 16.3 Å². The molecule has 12 heteroatoms. The maximum atomic E-state index is 13.1. The molecule has 1 aliphatic heterocycles. The van der Waals surface area contributed by atoms with Gasteiger partial charge in [0.15, 0.2) is 15.7 Å². The molecule has 0 fully saturated rings. The number of benzene rings is 2. The van der Waals surface area contributed by atoms with Crippen molar-refractivity contribution in [1.29, 1.82) is 0 Å². The molecule has 0 spiro atoms. The zero-order valence-electron chi connectivity index (χ0n) is 18.4. The third kappa shape index (κ3) is 4.36. The molecule has 2 aromatic carbocycles. The van der Waals surface area contributed by atoms with Gasteiger partial charge in [-0.3, -0.25) is 9.89 Å². The normalized spacial score (nSPS) is 14.6. The van der Waals surface area contributed by atoms with Crippen LogP contribution in [-0.2, 0) is 21.9 Å². The van der Waals surface area contributed by atoms with Crippen molar-refractivity contribution in [1.82, 2.24) is 15.1 Å². The predicted molar refractivity (Wildman–Crippen MR) is 130 cm³/mol. The van der Waals surface area contributed by atoms with Crippen molar-refractivity contribution < 1.29 is 18.0 Å². The molecule has 0 saturated heterocycles. The molecule has 0 unspecified atom stereocenters. The molecule has 0 aliphatic carbocycles. The summed E-state index contributed by atoms with van der Waals surface area (Å²) >= 11 is 12.4. The van der Waals surface area contributed by atoms with Crippen LogP contribution in [0.15, 0.2) is 47.4 Å². The zero-order valence-corrected chi connectivity index (χ0v) is 20.8. The Bertz CT molecular complexity index is 1380. The van der Waals surface area contributed by atoms with Crippen LogP contribution in [0.1, 0.15) is 35.5 Å². The molecule has 0 radical (unpaired) electrons. The molecule has 178 valence electrons. The van der Waals surface area contributed by atoms with Gasteiger partial charge in [0.2, 0.25) is 0 Å². The fourth-order valence-electron chi connectivity index (χ4n) is 3.77. The highest BCUT2D eigenvalue weighted by atomic mass is 35.5. The molecule has 3 N–H and O–H groups in total. The minimum Gasteiger partial charge on any atom is -0.309 e. The van der Waals surface area contributed by atoms with Gasteiger partial charge in [-0.1, -0.05) is 29.3 Å². The van der Waals surface area contributed by atoms with Gasteiger partial charge in [0.25, 0.3) is 5.91 Å². The topological polar surface area (TPSA) is 124 Å². The molecular formula is C22H21Cl2N5O4S. The lowest BCUT2D eigenvalue weighted by molar-refractivity contribution is 0.102. The molecule has 9 nitrogen and oxygen atoms in total. The summed E-state index contributed by atoms with van der Waals surface area (Å²) in [6.45, 7) is 3.87. The maximum Gasteiger partial charge on any atom is 0.323 e. The summed E-state index contributed by atoms with van der Waals surface area (Å²) < 4.78 is 23.3. The number of amides is 3. The Balaban J connectivity index is 1.54. The molecule has 2 heterocycles. The number of anilines is 2. The zero-order chi connectivity index (χ0) is 24.8. The standard InChI is InChI=1S/C22H21Cl2N5O4S/c1-22(2)18-14(11-29(22)21(31)25-17-15(23)5-4-6-16(17)24)19(28-27-18)26-20(30)12-7-9-13(10-8-12)34(3,32)33/h4-10H,11H2,1-3H3,(H,25,31)(H2,26,27,28,30). The third-order valence-corrected chi connectivity index (χ3v) is 7.44. The average molecular weight is 522 g/mol. The first-order chi connectivity index (χ1) is 15.9. The molecule has 0 saturated carbocycles. The van der Waals surface area contributed by atoms with Gasteiger partial charge in [0.1, 0.15) is 0 Å². The van der Waals surface area contributed by atoms with Crippen LogP contribution in [0, 0.1) is 0 Å². The van der Waals surface area contributed by atoms with Crippen molar-refractivity contribution in [3.8, 4) is 0 Å². The van der Waals surface area contributed by atoms with Gasteiger partial charge in [-0.25, -0.2) is 13.2 Å². The monoisotopic (exact) mass is 521 g/mol. The van der Waals surface area contributed by atoms with E-state index in [1.54, 1.807) is 23.1 Å². The molecule has 1 aromatic heterocycles. The van der Waals surface area contributed by atoms with Crippen molar-refractivity contribution in [2.75, 3.05) is 16.9 Å². The number of sulfone groups is 1. The van der Waals surface area contributed by atoms with Gasteiger partial charge >= 0.3 is 6.03 Å². The minimum atomic E-state index is -3.37. The van der Waals surface area contributed by atoms with E-state index in [9.17, 15) is 18.0 Å². The number of halogens is 2. The maximum absolute atomic E-state index is 13.1. The number of aromatic nitrogens is 2. The summed E-state index contributed by atoms with van der Waals surface area (Å²) in [6.07, 6.45) is 1.10. The van der Waals surface area contributed by atoms with Gasteiger partial charge in [-0.05, 0) is 50.2 Å². The van der Waals surface area contributed by atoms with E-state index in [1.807, 2.05) is 13.8 Å². The van der Waals surface area contributed by atoms with Crippen LogP contribution < -0.4 is 10.6 Å². The molecule has 1 aliphatic rings. The van der Waals surface area contributed by atoms with Crippen LogP contribution in [-0.4, -0.2) is 41.7 Å². The number of nitrogens with one attached hydrogen (secondary N) is 3. The lowest BCUT2D eigenvalue weighted by Gasteiger charge is -2.32. The number of carbonyl (C=O) groups is 2. The predicted octanol–water partition coefficient (Wildman–Crippen LogP) is 4.66. The molecule has 3 amide bonds. The smallest absolute Gasteiger partial charge is 0.309 e. The third-order valence-electron chi connectivity index (χ3n) is 5.69. The molecule has 3 aromatic rings. The first-order valence-electron chi connectivity index (χ1n) is 10.1. The number of H-pyrrole nitrogens is 1. The Kier molecular flexibility index (Phi) is 6.09. The van der Waals surface area contributed by atoms with E-state index in [1.165, 1.54) is 24.3 Å². The summed E-state index contributed by atoms with van der Waals surface area (Å²) in [6, 6.07) is 10.1. The average Bonchev–Trinajstić information content (AvgIpc) is 3.28. The van der Waals surface area contributed by atoms with Gasteiger partial charge in [0.05, 0.1) is 38.4 Å². The Morgan fingerprint density at radius 1 is 1.06 bits per heavy atom. The molecule has 34 heavy (non-hydrogen) atoms. The van der Waals surface area contributed by atoms with Gasteiger partial charge in [0, 0.05) is 17.4 Å². The second-order valence-corrected chi connectivity index (χ2v) is 11.2. The Morgan fingerprint density at radius 2 is 1.68 bits per heavy atom. The first kappa shape index (κ1) is 24.1. The lowest BCUT2D eigenvalue weighted by atomic mass is 10.0. The van der Waals surface area contributed by atoms with E-state index in [0.717, 1.165) is 6.26 Å². The lowest BCUT2D eigenvalue weighted by Crippen LogP contribution is -2.43. The number of hydrogen-bond donors (Lipinski definition) is 3. The minimum absolute atomic E-state index is 0.117. The van der Waals surface area contributed by atoms with Crippen molar-refractivity contribution in [3.05, 3.63) is 69.3 Å². The fraction of sp³-hybridized carbons (Fsp3) is 0.227. The number of rotatable bonds is 4. The van der Waals surface area contributed by atoms with Gasteiger partial charge < -0.3 is 15.5 Å². The summed E-state index contributed by atoms with van der Waals surface area (Å²) in [5.74, 6) is -0.177. The molecule has 0 atom stereocenters. The van der Waals surface area contributed by atoms with Crippen LogP contribution in [0.2, 0.25) is 10.0 Å². The van der Waals surface area contributed by atoms with Crippen molar-refractivity contribution in [2.24, 2.45) is 0 Å². The highest BCUT2D eigenvalue weighted by molar-refractivity contribution is 7.90. The molecule has 4 rings (SSSR count). The van der Waals surface area contributed by atoms with E-state index >= 15 is 0 Å². The van der Waals surface area contributed by atoms with Crippen LogP contribution in [0.5, 0.6) is 0 Å². The first-order valence-corrected chi connectivity index (χ1v) is 12.8. The Labute approximate surface area is 206 Å². The number of urea groups is 1. The quantitative estimate of drug-likeness (QED) is 0.460. The summed E-state index contributed by atoms with van der Waals surface area (Å²) in [7, 11) is -3.37. The largest absolute Gasteiger partial charge is 0.323 e. The second kappa shape index (κ2) is 8.61. The van der Waals surface area contributed by atoms with Crippen molar-refractivity contribution in [3.63, 3.8) is 0 Å². The van der Waals surface area contributed by atoms with Crippen molar-refractivity contribution in [2.45, 2.75) is 30.8 Å². The highest BCUT2D eigenvalue weighted by Crippen LogP contribution is 2.41. The highest BCUT2D eigenvalue weighted by Gasteiger charge is 2.44. The Morgan fingerprint density at radius 3 is 2.26 bits per heavy atom. The van der Waals surface area contributed by atoms with E-state index in [2.05, 4.69) is 20.8 Å². The Hall–Kier alpha value is -3.08. The van der Waals surface area contributed by atoms with E-state index < -0.39 is 27.3 Å². The number of nitrogens with zero attached hydrogens (tertiary/aromatic N) is 2. The van der Waals surface area contributed by atoms with Gasteiger partial charge in [-0.15, -0.1) is 0 Å². The van der Waals surface area contributed by atoms with E-state index in [0.29, 0.717) is 27.0 Å². The number of hydrogen-bond acceptors (Lipinski definition) is 5. The van der Waals surface area contributed by atoms with Crippen LogP contribution >= 0.6 is 23.2 Å². The summed E-state index contributed by atoms with van der Waals surface area (Å²) in [5.41, 5.74) is 1.15. The van der Waals surface area contributed by atoms with Gasteiger partial charge in [-0.2, -0.15) is 5.10 Å². The molecular weight excluding hydrogens is 501 g/mol. The second-order valence-electron chi connectivity index (χ2n) is 8.35. The number of para-hydroxylation sites is 1.